The Morgan fingerprint density at radius 1 is 1.00 bits per heavy atom. The molecular weight excluding hydrogens is 410 g/mol. The van der Waals surface area contributed by atoms with Crippen molar-refractivity contribution in [1.29, 1.82) is 0 Å². The second kappa shape index (κ2) is 6.89. The minimum Gasteiger partial charge on any atom is -0.465 e. The van der Waals surface area contributed by atoms with Gasteiger partial charge in [0.2, 0.25) is 0 Å². The molecule has 3 aromatic carbocycles. The zero-order valence-corrected chi connectivity index (χ0v) is 15.9. The molecule has 5 nitrogen and oxygen atoms in total. The van der Waals surface area contributed by atoms with E-state index < -0.39 is 11.9 Å². The Kier molecular flexibility index (Phi) is 4.41. The Morgan fingerprint density at radius 2 is 1.74 bits per heavy atom. The summed E-state index contributed by atoms with van der Waals surface area (Å²) >= 11 is 3.44. The summed E-state index contributed by atoms with van der Waals surface area (Å²) in [4.78, 5) is 26.6. The first-order valence-electron chi connectivity index (χ1n) is 8.18. The number of hydrogen-bond donors (Lipinski definition) is 0. The molecule has 4 rings (SSSR count). The molecule has 1 aliphatic heterocycles. The fourth-order valence-electron chi connectivity index (χ4n) is 3.02. The molecule has 0 unspecified atom stereocenters. The molecule has 0 N–H and O–H groups in total. The van der Waals surface area contributed by atoms with Gasteiger partial charge in [0.05, 0.1) is 29.6 Å². The van der Waals surface area contributed by atoms with Gasteiger partial charge in [-0.15, -0.1) is 0 Å². The fourth-order valence-corrected chi connectivity index (χ4v) is 3.28. The van der Waals surface area contributed by atoms with Crippen LogP contribution in [0.4, 0.5) is 17.1 Å². The first-order chi connectivity index (χ1) is 13.1. The SMILES string of the molecule is COC(=O)c1ccc2c(c1)N(c1ccc(Br)cc1)c1ccccc1C(=O)O2. The number of hydrogen-bond acceptors (Lipinski definition) is 5. The molecule has 3 aromatic rings. The lowest BCUT2D eigenvalue weighted by Gasteiger charge is -2.25. The van der Waals surface area contributed by atoms with E-state index >= 15 is 0 Å². The van der Waals surface area contributed by atoms with Crippen LogP contribution in [0.3, 0.4) is 0 Å². The molecule has 6 heteroatoms. The Morgan fingerprint density at radius 3 is 2.48 bits per heavy atom. The van der Waals surface area contributed by atoms with Gasteiger partial charge >= 0.3 is 11.9 Å². The smallest absolute Gasteiger partial charge is 0.345 e. The summed E-state index contributed by atoms with van der Waals surface area (Å²) in [6.45, 7) is 0. The zero-order chi connectivity index (χ0) is 19.0. The quantitative estimate of drug-likeness (QED) is 0.416. The van der Waals surface area contributed by atoms with Crippen LogP contribution in [-0.4, -0.2) is 19.0 Å². The number of halogens is 1. The lowest BCUT2D eigenvalue weighted by molar-refractivity contribution is 0.0600. The van der Waals surface area contributed by atoms with Crippen molar-refractivity contribution in [3.63, 3.8) is 0 Å². The summed E-state index contributed by atoms with van der Waals surface area (Å²) in [6.07, 6.45) is 0. The minimum absolute atomic E-state index is 0.367. The van der Waals surface area contributed by atoms with Gasteiger partial charge in [-0.1, -0.05) is 28.1 Å². The molecule has 0 aromatic heterocycles. The number of nitrogens with zero attached hydrogens (tertiary/aromatic N) is 1. The summed E-state index contributed by atoms with van der Waals surface area (Å²) in [5.41, 5.74) is 2.89. The molecule has 0 spiro atoms. The fraction of sp³-hybridized carbons (Fsp3) is 0.0476. The Bertz CT molecular complexity index is 1050. The number of rotatable bonds is 2. The third-order valence-corrected chi connectivity index (χ3v) is 4.80. The second-order valence-corrected chi connectivity index (χ2v) is 6.81. The molecule has 134 valence electrons. The van der Waals surface area contributed by atoms with Gasteiger partial charge in [0.25, 0.3) is 0 Å². The average Bonchev–Trinajstić information content (AvgIpc) is 2.82. The Balaban J connectivity index is 2.00. The highest BCUT2D eigenvalue weighted by molar-refractivity contribution is 9.10. The maximum Gasteiger partial charge on any atom is 0.345 e. The number of carbonyl (C=O) groups excluding carboxylic acids is 2. The molecule has 0 radical (unpaired) electrons. The van der Waals surface area contributed by atoms with Crippen LogP contribution in [0.25, 0.3) is 0 Å². The summed E-state index contributed by atoms with van der Waals surface area (Å²) in [5, 5.41) is 0. The zero-order valence-electron chi connectivity index (χ0n) is 14.3. The van der Waals surface area contributed by atoms with Crippen molar-refractivity contribution >= 4 is 44.9 Å². The monoisotopic (exact) mass is 423 g/mol. The summed E-state index contributed by atoms with van der Waals surface area (Å²) in [5.74, 6) is -0.540. The van der Waals surface area contributed by atoms with Gasteiger partial charge in [-0.05, 0) is 54.6 Å². The van der Waals surface area contributed by atoms with Gasteiger partial charge in [0.15, 0.2) is 5.75 Å². The van der Waals surface area contributed by atoms with Gasteiger partial charge in [-0.25, -0.2) is 9.59 Å². The van der Waals surface area contributed by atoms with E-state index in [1.165, 1.54) is 7.11 Å². The van der Waals surface area contributed by atoms with Crippen molar-refractivity contribution < 1.29 is 19.1 Å². The predicted octanol–water partition coefficient (Wildman–Crippen LogP) is 5.24. The minimum atomic E-state index is -0.461. The molecule has 0 saturated heterocycles. The maximum absolute atomic E-state index is 12.6. The molecule has 0 atom stereocenters. The van der Waals surface area contributed by atoms with E-state index in [0.29, 0.717) is 28.3 Å². The van der Waals surface area contributed by atoms with Crippen LogP contribution in [0.2, 0.25) is 0 Å². The highest BCUT2D eigenvalue weighted by Gasteiger charge is 2.28. The van der Waals surface area contributed by atoms with Gasteiger partial charge in [-0.3, -0.25) is 0 Å². The highest BCUT2D eigenvalue weighted by atomic mass is 79.9. The number of para-hydroxylation sites is 1. The van der Waals surface area contributed by atoms with Crippen LogP contribution < -0.4 is 9.64 Å². The van der Waals surface area contributed by atoms with Gasteiger partial charge in [-0.2, -0.15) is 0 Å². The van der Waals surface area contributed by atoms with E-state index in [1.54, 1.807) is 30.3 Å². The average molecular weight is 424 g/mol. The van der Waals surface area contributed by atoms with Crippen molar-refractivity contribution in [2.75, 3.05) is 12.0 Å². The van der Waals surface area contributed by atoms with E-state index in [2.05, 4.69) is 15.9 Å². The molecule has 0 aliphatic carbocycles. The summed E-state index contributed by atoms with van der Waals surface area (Å²) in [6, 6.07) is 19.7. The second-order valence-electron chi connectivity index (χ2n) is 5.89. The number of benzene rings is 3. The van der Waals surface area contributed by atoms with Crippen LogP contribution in [0.15, 0.2) is 71.2 Å². The summed E-state index contributed by atoms with van der Waals surface area (Å²) in [7, 11) is 1.33. The number of fused-ring (bicyclic) bond motifs is 2. The van der Waals surface area contributed by atoms with Gasteiger partial charge in [0, 0.05) is 10.2 Å². The van der Waals surface area contributed by atoms with E-state index in [9.17, 15) is 9.59 Å². The molecule has 0 fully saturated rings. The molecule has 0 bridgehead atoms. The molecule has 27 heavy (non-hydrogen) atoms. The number of esters is 2. The summed E-state index contributed by atoms with van der Waals surface area (Å²) < 4.78 is 11.4. The first kappa shape index (κ1) is 17.3. The first-order valence-corrected chi connectivity index (χ1v) is 8.97. The molecule has 1 heterocycles. The Labute approximate surface area is 164 Å². The molecular formula is C21H14BrNO4. The van der Waals surface area contributed by atoms with Crippen molar-refractivity contribution in [2.45, 2.75) is 0 Å². The largest absolute Gasteiger partial charge is 0.465 e. The highest BCUT2D eigenvalue weighted by Crippen LogP contribution is 2.44. The lowest BCUT2D eigenvalue weighted by atomic mass is 10.1. The van der Waals surface area contributed by atoms with Crippen LogP contribution >= 0.6 is 15.9 Å². The van der Waals surface area contributed by atoms with Gasteiger partial charge in [0.1, 0.15) is 0 Å². The lowest BCUT2D eigenvalue weighted by Crippen LogP contribution is -2.12. The number of anilines is 3. The van der Waals surface area contributed by atoms with Crippen molar-refractivity contribution in [1.82, 2.24) is 0 Å². The van der Waals surface area contributed by atoms with Crippen molar-refractivity contribution in [3.05, 3.63) is 82.3 Å². The molecule has 0 amide bonds. The third-order valence-electron chi connectivity index (χ3n) is 4.27. The van der Waals surface area contributed by atoms with Gasteiger partial charge < -0.3 is 14.4 Å². The molecule has 1 aliphatic rings. The van der Waals surface area contributed by atoms with E-state index in [0.717, 1.165) is 10.2 Å². The van der Waals surface area contributed by atoms with E-state index in [-0.39, 0.29) is 0 Å². The van der Waals surface area contributed by atoms with Crippen molar-refractivity contribution in [2.24, 2.45) is 0 Å². The molecule has 0 saturated carbocycles. The van der Waals surface area contributed by atoms with Crippen LogP contribution in [-0.2, 0) is 4.74 Å². The Hall–Kier alpha value is -3.12. The third kappa shape index (κ3) is 3.08. The van der Waals surface area contributed by atoms with Crippen LogP contribution in [0.1, 0.15) is 20.7 Å². The number of methoxy groups -OCH3 is 1. The van der Waals surface area contributed by atoms with E-state index in [1.807, 2.05) is 41.3 Å². The van der Waals surface area contributed by atoms with Crippen molar-refractivity contribution in [3.8, 4) is 5.75 Å². The van der Waals surface area contributed by atoms with E-state index in [4.69, 9.17) is 9.47 Å². The normalized spacial score (nSPS) is 12.5. The van der Waals surface area contributed by atoms with Crippen LogP contribution in [0.5, 0.6) is 5.75 Å². The van der Waals surface area contributed by atoms with Crippen LogP contribution in [0, 0.1) is 0 Å². The number of carbonyl (C=O) groups is 2. The number of ether oxygens (including phenoxy) is 2. The maximum atomic E-state index is 12.6. The topological polar surface area (TPSA) is 55.8 Å². The predicted molar refractivity (Wildman–Crippen MR) is 105 cm³/mol. The standard InChI is InChI=1S/C21H14BrNO4/c1-26-20(24)13-6-11-19-18(12-13)23(15-9-7-14(22)8-10-15)17-5-3-2-4-16(17)21(25)27-19/h2-12H,1H3.